The molecule has 0 amide bonds. The van der Waals surface area contributed by atoms with Crippen LogP contribution in [0.4, 0.5) is 13.2 Å². The first-order valence-electron chi connectivity index (χ1n) is 4.35. The molecule has 0 saturated carbocycles. The maximum absolute atomic E-state index is 11.7. The molecule has 1 aromatic rings. The smallest absolute Gasteiger partial charge is 0.364 e. The van der Waals surface area contributed by atoms with Crippen LogP contribution in [0.2, 0.25) is 0 Å². The lowest BCUT2D eigenvalue weighted by Gasteiger charge is -2.04. The topological polar surface area (TPSA) is 48.2 Å². The van der Waals surface area contributed by atoms with Gasteiger partial charge in [0.25, 0.3) is 0 Å². The van der Waals surface area contributed by atoms with E-state index in [0.29, 0.717) is 5.89 Å². The molecule has 15 heavy (non-hydrogen) atoms. The molecule has 7 heteroatoms. The van der Waals surface area contributed by atoms with E-state index in [9.17, 15) is 13.2 Å². The van der Waals surface area contributed by atoms with Crippen molar-refractivity contribution in [2.75, 3.05) is 6.61 Å². The van der Waals surface area contributed by atoms with E-state index in [0.717, 1.165) is 0 Å². The minimum Gasteiger partial charge on any atom is -0.364 e. The van der Waals surface area contributed by atoms with Gasteiger partial charge in [0.1, 0.15) is 13.2 Å². The zero-order chi connectivity index (χ0) is 11.5. The molecule has 0 radical (unpaired) electrons. The fourth-order valence-electron chi connectivity index (χ4n) is 0.819. The average Bonchev–Trinajstić information content (AvgIpc) is 2.50. The van der Waals surface area contributed by atoms with Gasteiger partial charge in [0.2, 0.25) is 5.89 Å². The van der Waals surface area contributed by atoms with E-state index in [2.05, 4.69) is 14.9 Å². The van der Waals surface area contributed by atoms with Gasteiger partial charge in [0.05, 0.1) is 0 Å². The lowest BCUT2D eigenvalue weighted by atomic mass is 10.2. The molecule has 4 nitrogen and oxygen atoms in total. The zero-order valence-corrected chi connectivity index (χ0v) is 8.34. The second kappa shape index (κ2) is 4.61. The fraction of sp³-hybridized carbons (Fsp3) is 0.750. The van der Waals surface area contributed by atoms with Gasteiger partial charge in [-0.3, -0.25) is 0 Å². The molecule has 0 bridgehead atoms. The molecule has 0 spiro atoms. The predicted octanol–water partition coefficient (Wildman–Crippen LogP) is 2.27. The van der Waals surface area contributed by atoms with Gasteiger partial charge in [0.15, 0.2) is 5.82 Å². The lowest BCUT2D eigenvalue weighted by molar-refractivity contribution is -0.177. The molecule has 0 aliphatic carbocycles. The molecule has 0 fully saturated rings. The molecule has 86 valence electrons. The highest BCUT2D eigenvalue weighted by Gasteiger charge is 2.27. The molecule has 1 heterocycles. The van der Waals surface area contributed by atoms with E-state index < -0.39 is 12.8 Å². The summed E-state index contributed by atoms with van der Waals surface area (Å²) in [6.07, 6.45) is -4.33. The van der Waals surface area contributed by atoms with Gasteiger partial charge in [-0.1, -0.05) is 19.0 Å². The quantitative estimate of drug-likeness (QED) is 0.787. The second-order valence-electron chi connectivity index (χ2n) is 3.31. The summed E-state index contributed by atoms with van der Waals surface area (Å²) in [5.41, 5.74) is 0. The van der Waals surface area contributed by atoms with Gasteiger partial charge < -0.3 is 9.26 Å². The Kier molecular flexibility index (Phi) is 3.67. The van der Waals surface area contributed by atoms with Crippen molar-refractivity contribution in [3.63, 3.8) is 0 Å². The standard InChI is InChI=1S/C8H11F3N2O2/c1-5(2)7-12-6(13-15-7)3-14-4-8(9,10)11/h5H,3-4H2,1-2H3. The molecule has 0 saturated heterocycles. The molecule has 0 aromatic carbocycles. The minimum absolute atomic E-state index is 0.0499. The zero-order valence-electron chi connectivity index (χ0n) is 8.34. The number of alkyl halides is 3. The number of hydrogen-bond donors (Lipinski definition) is 0. The summed E-state index contributed by atoms with van der Waals surface area (Å²) in [5.74, 6) is 0.567. The highest BCUT2D eigenvalue weighted by molar-refractivity contribution is 4.89. The van der Waals surface area contributed by atoms with Crippen molar-refractivity contribution >= 4 is 0 Å². The Hall–Kier alpha value is -1.11. The second-order valence-corrected chi connectivity index (χ2v) is 3.31. The first-order chi connectivity index (χ1) is 6.88. The largest absolute Gasteiger partial charge is 0.411 e. The van der Waals surface area contributed by atoms with Crippen LogP contribution >= 0.6 is 0 Å². The van der Waals surface area contributed by atoms with E-state index in [4.69, 9.17) is 4.52 Å². The van der Waals surface area contributed by atoms with Crippen LogP contribution in [0.1, 0.15) is 31.5 Å². The van der Waals surface area contributed by atoms with E-state index in [1.165, 1.54) is 0 Å². The van der Waals surface area contributed by atoms with Gasteiger partial charge in [-0.2, -0.15) is 18.2 Å². The molecule has 0 aliphatic heterocycles. The third-order valence-corrected chi connectivity index (χ3v) is 1.47. The summed E-state index contributed by atoms with van der Waals surface area (Å²) in [6.45, 7) is 2.08. The molecular weight excluding hydrogens is 213 g/mol. The van der Waals surface area contributed by atoms with E-state index in [1.807, 2.05) is 13.8 Å². The third kappa shape index (κ3) is 4.28. The van der Waals surface area contributed by atoms with Gasteiger partial charge in [-0.25, -0.2) is 0 Å². The summed E-state index contributed by atoms with van der Waals surface area (Å²) in [4.78, 5) is 3.86. The fourth-order valence-corrected chi connectivity index (χ4v) is 0.819. The molecule has 0 atom stereocenters. The molecule has 0 aliphatic rings. The molecule has 0 N–H and O–H groups in total. The number of nitrogens with zero attached hydrogens (tertiary/aromatic N) is 2. The van der Waals surface area contributed by atoms with Crippen molar-refractivity contribution in [3.8, 4) is 0 Å². The minimum atomic E-state index is -4.33. The Balaban J connectivity index is 2.38. The van der Waals surface area contributed by atoms with Gasteiger partial charge in [-0.05, 0) is 0 Å². The Bertz CT molecular complexity index is 309. The van der Waals surface area contributed by atoms with E-state index in [1.54, 1.807) is 0 Å². The monoisotopic (exact) mass is 224 g/mol. The van der Waals surface area contributed by atoms with Crippen molar-refractivity contribution in [1.29, 1.82) is 0 Å². The first-order valence-corrected chi connectivity index (χ1v) is 4.35. The van der Waals surface area contributed by atoms with Crippen molar-refractivity contribution in [2.45, 2.75) is 32.5 Å². The maximum atomic E-state index is 11.7. The van der Waals surface area contributed by atoms with Crippen LogP contribution < -0.4 is 0 Å². The summed E-state index contributed by atoms with van der Waals surface area (Å²) >= 11 is 0. The van der Waals surface area contributed by atoms with Gasteiger partial charge in [-0.15, -0.1) is 0 Å². The molecule has 0 unspecified atom stereocenters. The Morgan fingerprint density at radius 1 is 1.40 bits per heavy atom. The SMILES string of the molecule is CC(C)c1nc(COCC(F)(F)F)no1. The number of hydrogen-bond acceptors (Lipinski definition) is 4. The van der Waals surface area contributed by atoms with E-state index in [-0.39, 0.29) is 18.3 Å². The van der Waals surface area contributed by atoms with E-state index >= 15 is 0 Å². The van der Waals surface area contributed by atoms with Crippen molar-refractivity contribution < 1.29 is 22.4 Å². The Morgan fingerprint density at radius 3 is 2.53 bits per heavy atom. The van der Waals surface area contributed by atoms with Gasteiger partial charge >= 0.3 is 6.18 Å². The highest BCUT2D eigenvalue weighted by Crippen LogP contribution is 2.16. The van der Waals surface area contributed by atoms with Crippen LogP contribution in [0.5, 0.6) is 0 Å². The molecule has 1 rings (SSSR count). The predicted molar refractivity (Wildman–Crippen MR) is 44.1 cm³/mol. The van der Waals surface area contributed by atoms with Crippen molar-refractivity contribution in [2.24, 2.45) is 0 Å². The maximum Gasteiger partial charge on any atom is 0.411 e. The summed E-state index contributed by atoms with van der Waals surface area (Å²) in [6, 6.07) is 0. The first kappa shape index (κ1) is 12.0. The Labute approximate surface area is 84.4 Å². The number of halogens is 3. The van der Waals surface area contributed by atoms with Crippen LogP contribution in [-0.4, -0.2) is 22.9 Å². The van der Waals surface area contributed by atoms with Crippen LogP contribution in [0, 0.1) is 0 Å². The highest BCUT2D eigenvalue weighted by atomic mass is 19.4. The molecule has 1 aromatic heterocycles. The van der Waals surface area contributed by atoms with Gasteiger partial charge in [0, 0.05) is 5.92 Å². The normalized spacial score (nSPS) is 12.4. The summed E-state index contributed by atoms with van der Waals surface area (Å²) in [7, 11) is 0. The molecular formula is C8H11F3N2O2. The van der Waals surface area contributed by atoms with Crippen molar-refractivity contribution in [3.05, 3.63) is 11.7 Å². The number of ether oxygens (including phenoxy) is 1. The third-order valence-electron chi connectivity index (χ3n) is 1.47. The van der Waals surface area contributed by atoms with Crippen LogP contribution in [0.25, 0.3) is 0 Å². The average molecular weight is 224 g/mol. The Morgan fingerprint density at radius 2 is 2.07 bits per heavy atom. The van der Waals surface area contributed by atoms with Crippen molar-refractivity contribution in [1.82, 2.24) is 10.1 Å². The van der Waals surface area contributed by atoms with Crippen LogP contribution in [0.15, 0.2) is 4.52 Å². The number of rotatable bonds is 4. The lowest BCUT2D eigenvalue weighted by Crippen LogP contribution is -2.16. The number of aromatic nitrogens is 2. The summed E-state index contributed by atoms with van der Waals surface area (Å²) < 4.78 is 44.3. The van der Waals surface area contributed by atoms with Crippen LogP contribution in [0.3, 0.4) is 0 Å². The summed E-state index contributed by atoms with van der Waals surface area (Å²) in [5, 5.41) is 3.48. The van der Waals surface area contributed by atoms with Crippen LogP contribution in [-0.2, 0) is 11.3 Å².